The van der Waals surface area contributed by atoms with E-state index in [1.54, 1.807) is 39.0 Å². The van der Waals surface area contributed by atoms with Crippen LogP contribution < -0.4 is 14.4 Å². The van der Waals surface area contributed by atoms with Gasteiger partial charge in [0.15, 0.2) is 22.4 Å². The lowest BCUT2D eigenvalue weighted by molar-refractivity contribution is -0.117. The number of esters is 1. The zero-order valence-corrected chi connectivity index (χ0v) is 22.0. The molecule has 3 heterocycles. The summed E-state index contributed by atoms with van der Waals surface area (Å²) in [5.41, 5.74) is 1.08. The number of nitrogens with zero attached hydrogens (tertiary/aromatic N) is 3. The number of amides is 1. The SMILES string of the molecule is COC(=O)c1sc(N2C(=O)C(O)=C(C(=O)c3sc(C)nc3C)C2c2cccc(OC)c2OC)nc1C. The molecule has 0 saturated carbocycles. The second-order valence-corrected chi connectivity index (χ2v) is 9.98. The molecule has 3 aromatic rings. The van der Waals surface area contributed by atoms with E-state index in [4.69, 9.17) is 14.2 Å². The van der Waals surface area contributed by atoms with Crippen molar-refractivity contribution in [3.05, 3.63) is 61.2 Å². The minimum absolute atomic E-state index is 0.110. The highest BCUT2D eigenvalue weighted by Crippen LogP contribution is 2.48. The van der Waals surface area contributed by atoms with E-state index in [-0.39, 0.29) is 21.3 Å². The van der Waals surface area contributed by atoms with Crippen LogP contribution in [-0.2, 0) is 9.53 Å². The number of aryl methyl sites for hydroxylation is 3. The summed E-state index contributed by atoms with van der Waals surface area (Å²) in [7, 11) is 4.15. The van der Waals surface area contributed by atoms with Crippen LogP contribution in [0.15, 0.2) is 29.5 Å². The first-order chi connectivity index (χ1) is 17.1. The largest absolute Gasteiger partial charge is 0.503 e. The van der Waals surface area contributed by atoms with Gasteiger partial charge in [-0.1, -0.05) is 23.5 Å². The van der Waals surface area contributed by atoms with E-state index in [2.05, 4.69) is 9.97 Å². The summed E-state index contributed by atoms with van der Waals surface area (Å²) in [5, 5.41) is 11.8. The summed E-state index contributed by atoms with van der Waals surface area (Å²) in [6, 6.07) is 3.91. The zero-order chi connectivity index (χ0) is 26.3. The van der Waals surface area contributed by atoms with Crippen LogP contribution in [0.4, 0.5) is 5.13 Å². The van der Waals surface area contributed by atoms with Gasteiger partial charge in [0, 0.05) is 5.56 Å². The van der Waals surface area contributed by atoms with Crippen LogP contribution in [0.1, 0.15) is 47.3 Å². The minimum atomic E-state index is -1.12. The predicted octanol–water partition coefficient (Wildman–Crippen LogP) is 4.11. The number of anilines is 1. The molecular weight excluding hydrogens is 506 g/mol. The van der Waals surface area contributed by atoms with Gasteiger partial charge < -0.3 is 19.3 Å². The molecule has 1 aliphatic rings. The average molecular weight is 530 g/mol. The van der Waals surface area contributed by atoms with Gasteiger partial charge in [0.1, 0.15) is 10.9 Å². The standard InChI is InChI=1S/C24H23N3O7S2/c1-10-20(35-12(3)25-10)17(28)15-16(13-8-7-9-14(32-4)19(13)33-5)27(22(30)18(15)29)24-26-11(2)21(36-24)23(31)34-6/h7-9,16,29H,1-6H3. The summed E-state index contributed by atoms with van der Waals surface area (Å²) < 4.78 is 15.9. The number of hydrogen-bond acceptors (Lipinski definition) is 11. The Morgan fingerprint density at radius 2 is 1.69 bits per heavy atom. The smallest absolute Gasteiger partial charge is 0.350 e. The highest BCUT2D eigenvalue weighted by atomic mass is 32.1. The van der Waals surface area contributed by atoms with Crippen LogP contribution in [0, 0.1) is 20.8 Å². The minimum Gasteiger partial charge on any atom is -0.503 e. The molecule has 1 aliphatic heterocycles. The molecule has 2 aromatic heterocycles. The summed E-state index contributed by atoms with van der Waals surface area (Å²) >= 11 is 2.09. The normalized spacial score (nSPS) is 15.4. The first kappa shape index (κ1) is 25.3. The summed E-state index contributed by atoms with van der Waals surface area (Å²) in [4.78, 5) is 49.9. The predicted molar refractivity (Wildman–Crippen MR) is 134 cm³/mol. The number of para-hydroxylation sites is 1. The molecule has 0 bridgehead atoms. The fourth-order valence-electron chi connectivity index (χ4n) is 4.09. The molecule has 36 heavy (non-hydrogen) atoms. The fourth-order valence-corrected chi connectivity index (χ4v) is 5.97. The highest BCUT2D eigenvalue weighted by Gasteiger charge is 2.48. The molecule has 0 fully saturated rings. The van der Waals surface area contributed by atoms with Gasteiger partial charge in [0.2, 0.25) is 5.78 Å². The Kier molecular flexibility index (Phi) is 6.83. The Morgan fingerprint density at radius 3 is 2.28 bits per heavy atom. The van der Waals surface area contributed by atoms with Gasteiger partial charge in [-0.25, -0.2) is 14.8 Å². The van der Waals surface area contributed by atoms with Crippen molar-refractivity contribution in [2.75, 3.05) is 26.2 Å². The third-order valence-corrected chi connectivity index (χ3v) is 7.86. The van der Waals surface area contributed by atoms with Crippen LogP contribution in [-0.4, -0.2) is 54.1 Å². The monoisotopic (exact) mass is 529 g/mol. The van der Waals surface area contributed by atoms with Crippen molar-refractivity contribution in [1.29, 1.82) is 0 Å². The number of carbonyl (C=O) groups is 3. The molecule has 0 spiro atoms. The molecule has 1 amide bonds. The number of rotatable bonds is 7. The molecule has 1 unspecified atom stereocenters. The number of thiazole rings is 2. The van der Waals surface area contributed by atoms with Crippen molar-refractivity contribution in [2.45, 2.75) is 26.8 Å². The highest BCUT2D eigenvalue weighted by molar-refractivity contribution is 7.17. The van der Waals surface area contributed by atoms with Crippen LogP contribution in [0.5, 0.6) is 11.5 Å². The molecule has 12 heteroatoms. The second kappa shape index (κ2) is 9.70. The maximum Gasteiger partial charge on any atom is 0.350 e. The van der Waals surface area contributed by atoms with Gasteiger partial charge in [-0.15, -0.1) is 11.3 Å². The molecule has 10 nitrogen and oxygen atoms in total. The molecule has 0 radical (unpaired) electrons. The van der Waals surface area contributed by atoms with E-state index >= 15 is 0 Å². The van der Waals surface area contributed by atoms with E-state index < -0.39 is 29.5 Å². The lowest BCUT2D eigenvalue weighted by Crippen LogP contribution is -2.31. The molecule has 4 rings (SSSR count). The van der Waals surface area contributed by atoms with Crippen molar-refractivity contribution in [2.24, 2.45) is 0 Å². The first-order valence-corrected chi connectivity index (χ1v) is 12.3. The Labute approximate surface area is 214 Å². The van der Waals surface area contributed by atoms with Crippen LogP contribution >= 0.6 is 22.7 Å². The van der Waals surface area contributed by atoms with Crippen LogP contribution in [0.25, 0.3) is 0 Å². The van der Waals surface area contributed by atoms with Crippen molar-refractivity contribution in [3.63, 3.8) is 0 Å². The number of Topliss-reactive ketones (excluding diaryl/α,β-unsaturated/α-hetero) is 1. The number of ether oxygens (including phenoxy) is 3. The van der Waals surface area contributed by atoms with Gasteiger partial charge in [-0.2, -0.15) is 0 Å². The van der Waals surface area contributed by atoms with Crippen LogP contribution in [0.3, 0.4) is 0 Å². The topological polar surface area (TPSA) is 128 Å². The molecule has 1 atom stereocenters. The third kappa shape index (κ3) is 4.01. The van der Waals surface area contributed by atoms with Crippen molar-refractivity contribution in [1.82, 2.24) is 9.97 Å². The van der Waals surface area contributed by atoms with E-state index in [1.165, 1.54) is 37.6 Å². The molecule has 0 saturated heterocycles. The van der Waals surface area contributed by atoms with Crippen molar-refractivity contribution >= 4 is 45.5 Å². The summed E-state index contributed by atoms with van der Waals surface area (Å²) in [6.07, 6.45) is 0. The number of carbonyl (C=O) groups excluding carboxylic acids is 3. The number of benzene rings is 1. The molecule has 188 valence electrons. The lowest BCUT2D eigenvalue weighted by atomic mass is 9.94. The second-order valence-electron chi connectivity index (χ2n) is 7.80. The molecular formula is C24H23N3O7S2. The van der Waals surface area contributed by atoms with E-state index in [1.807, 2.05) is 0 Å². The average Bonchev–Trinajstić information content (AvgIpc) is 3.49. The number of methoxy groups -OCH3 is 3. The Hall–Kier alpha value is -3.77. The van der Waals surface area contributed by atoms with Gasteiger partial charge in [0.05, 0.1) is 48.2 Å². The summed E-state index contributed by atoms with van der Waals surface area (Å²) in [6.45, 7) is 5.07. The number of aliphatic hydroxyl groups is 1. The Balaban J connectivity index is 1.97. The third-order valence-electron chi connectivity index (χ3n) is 5.65. The van der Waals surface area contributed by atoms with Crippen molar-refractivity contribution < 1.29 is 33.7 Å². The number of aliphatic hydroxyl groups excluding tert-OH is 1. The maximum absolute atomic E-state index is 13.8. The van der Waals surface area contributed by atoms with Crippen LogP contribution in [0.2, 0.25) is 0 Å². The number of ketones is 1. The van der Waals surface area contributed by atoms with E-state index in [0.717, 1.165) is 11.3 Å². The Morgan fingerprint density at radius 1 is 1.00 bits per heavy atom. The molecule has 0 aliphatic carbocycles. The van der Waals surface area contributed by atoms with Gasteiger partial charge in [-0.3, -0.25) is 14.5 Å². The number of hydrogen-bond donors (Lipinski definition) is 1. The van der Waals surface area contributed by atoms with Crippen molar-refractivity contribution in [3.8, 4) is 11.5 Å². The molecule has 1 aromatic carbocycles. The summed E-state index contributed by atoms with van der Waals surface area (Å²) in [5.74, 6) is -2.05. The fraction of sp³-hybridized carbons (Fsp3) is 0.292. The Bertz CT molecular complexity index is 1420. The zero-order valence-electron chi connectivity index (χ0n) is 20.4. The lowest BCUT2D eigenvalue weighted by Gasteiger charge is -2.26. The number of aromatic nitrogens is 2. The quantitative estimate of drug-likeness (QED) is 0.355. The molecule has 1 N–H and O–H groups in total. The van der Waals surface area contributed by atoms with E-state index in [0.29, 0.717) is 32.6 Å². The van der Waals surface area contributed by atoms with Gasteiger partial charge >= 0.3 is 5.97 Å². The maximum atomic E-state index is 13.8. The first-order valence-electron chi connectivity index (χ1n) is 10.7. The van der Waals surface area contributed by atoms with Gasteiger partial charge in [0.25, 0.3) is 5.91 Å². The van der Waals surface area contributed by atoms with E-state index in [9.17, 15) is 19.5 Å². The van der Waals surface area contributed by atoms with Gasteiger partial charge in [-0.05, 0) is 26.8 Å².